The van der Waals surface area contributed by atoms with Crippen LogP contribution >= 0.6 is 0 Å². The lowest BCUT2D eigenvalue weighted by Crippen LogP contribution is -2.37. The Bertz CT molecular complexity index is 841. The van der Waals surface area contributed by atoms with Crippen LogP contribution in [0.5, 0.6) is 11.5 Å². The number of hydrogen-bond acceptors (Lipinski definition) is 5. The quantitative estimate of drug-likeness (QED) is 0.761. The summed E-state index contributed by atoms with van der Waals surface area (Å²) in [7, 11) is 3.10. The lowest BCUT2D eigenvalue weighted by Gasteiger charge is -2.20. The normalized spacial score (nSPS) is 17.3. The van der Waals surface area contributed by atoms with Gasteiger partial charge in [0.05, 0.1) is 25.8 Å². The van der Waals surface area contributed by atoms with Gasteiger partial charge >= 0.3 is 0 Å². The van der Waals surface area contributed by atoms with Crippen molar-refractivity contribution >= 4 is 17.5 Å². The lowest BCUT2D eigenvalue weighted by atomic mass is 10.1. The zero-order valence-electron chi connectivity index (χ0n) is 16.1. The van der Waals surface area contributed by atoms with Gasteiger partial charge in [-0.2, -0.15) is 0 Å². The average molecular weight is 383 g/mol. The van der Waals surface area contributed by atoms with Crippen LogP contribution in [0.4, 0.5) is 5.69 Å². The number of anilines is 1. The Morgan fingerprint density at radius 1 is 1.21 bits per heavy atom. The van der Waals surface area contributed by atoms with E-state index >= 15 is 0 Å². The molecule has 0 spiro atoms. The summed E-state index contributed by atoms with van der Waals surface area (Å²) in [6.07, 6.45) is 0.154. The highest BCUT2D eigenvalue weighted by atomic mass is 16.5. The summed E-state index contributed by atoms with van der Waals surface area (Å²) in [6.45, 7) is 0.618. The van der Waals surface area contributed by atoms with Crippen LogP contribution in [0.1, 0.15) is 18.0 Å². The molecular weight excluding hydrogens is 358 g/mol. The van der Waals surface area contributed by atoms with Crippen LogP contribution in [-0.4, -0.2) is 39.1 Å². The fraction of sp³-hybridized carbons (Fsp3) is 0.333. The average Bonchev–Trinajstić information content (AvgIpc) is 3.13. The standard InChI is InChI=1S/C21H25N3O4/c1-27-16-8-9-18(19(11-16)28-2)24-13-15(10-20(24)25)21(26)23-12-17(22)14-6-4-3-5-7-14/h3-9,11,15,17H,10,12-13,22H2,1-2H3,(H,23,26). The van der Waals surface area contributed by atoms with Crippen LogP contribution in [0, 0.1) is 5.92 Å². The molecule has 28 heavy (non-hydrogen) atoms. The van der Waals surface area contributed by atoms with E-state index in [0.717, 1.165) is 5.56 Å². The van der Waals surface area contributed by atoms with Gasteiger partial charge < -0.3 is 25.4 Å². The minimum atomic E-state index is -0.428. The monoisotopic (exact) mass is 383 g/mol. The molecule has 0 bridgehead atoms. The van der Waals surface area contributed by atoms with Gasteiger partial charge in [0, 0.05) is 31.6 Å². The van der Waals surface area contributed by atoms with Gasteiger partial charge in [-0.05, 0) is 17.7 Å². The van der Waals surface area contributed by atoms with Gasteiger partial charge in [-0.15, -0.1) is 0 Å². The Balaban J connectivity index is 1.63. The summed E-state index contributed by atoms with van der Waals surface area (Å²) < 4.78 is 10.6. The molecule has 1 aliphatic rings. The van der Waals surface area contributed by atoms with E-state index in [9.17, 15) is 9.59 Å². The van der Waals surface area contributed by atoms with Crippen molar-refractivity contribution in [3.05, 3.63) is 54.1 Å². The molecular formula is C21H25N3O4. The van der Waals surface area contributed by atoms with Crippen molar-refractivity contribution in [2.75, 3.05) is 32.2 Å². The first kappa shape index (κ1) is 19.7. The first-order valence-electron chi connectivity index (χ1n) is 9.14. The topological polar surface area (TPSA) is 93.9 Å². The second kappa shape index (κ2) is 8.75. The van der Waals surface area contributed by atoms with E-state index in [1.54, 1.807) is 30.2 Å². The van der Waals surface area contributed by atoms with Gasteiger partial charge in [0.25, 0.3) is 0 Å². The van der Waals surface area contributed by atoms with Gasteiger partial charge in [-0.25, -0.2) is 0 Å². The van der Waals surface area contributed by atoms with E-state index in [0.29, 0.717) is 30.3 Å². The molecule has 0 aliphatic carbocycles. The summed E-state index contributed by atoms with van der Waals surface area (Å²) in [5.41, 5.74) is 7.72. The van der Waals surface area contributed by atoms with Crippen molar-refractivity contribution in [2.24, 2.45) is 11.7 Å². The van der Waals surface area contributed by atoms with Crippen molar-refractivity contribution in [3.63, 3.8) is 0 Å². The molecule has 1 saturated heterocycles. The Morgan fingerprint density at radius 2 is 1.96 bits per heavy atom. The van der Waals surface area contributed by atoms with Crippen molar-refractivity contribution in [1.29, 1.82) is 0 Å². The van der Waals surface area contributed by atoms with Crippen LogP contribution < -0.4 is 25.4 Å². The SMILES string of the molecule is COc1ccc(N2CC(C(=O)NCC(N)c3ccccc3)CC2=O)c(OC)c1. The van der Waals surface area contributed by atoms with Crippen LogP contribution in [0.2, 0.25) is 0 Å². The molecule has 1 heterocycles. The first-order chi connectivity index (χ1) is 13.5. The molecule has 2 aromatic rings. The molecule has 2 unspecified atom stereocenters. The zero-order valence-corrected chi connectivity index (χ0v) is 16.1. The van der Waals surface area contributed by atoms with E-state index in [-0.39, 0.29) is 24.3 Å². The number of ether oxygens (including phenoxy) is 2. The number of nitrogens with two attached hydrogens (primary N) is 1. The minimum absolute atomic E-state index is 0.115. The lowest BCUT2D eigenvalue weighted by molar-refractivity contribution is -0.126. The molecule has 1 aliphatic heterocycles. The third kappa shape index (κ3) is 4.26. The number of amides is 2. The van der Waals surface area contributed by atoms with Gasteiger partial charge in [0.1, 0.15) is 11.5 Å². The number of nitrogens with one attached hydrogen (secondary N) is 1. The van der Waals surface area contributed by atoms with Gasteiger partial charge in [-0.3, -0.25) is 9.59 Å². The highest BCUT2D eigenvalue weighted by Gasteiger charge is 2.36. The fourth-order valence-electron chi connectivity index (χ4n) is 3.30. The predicted molar refractivity (Wildman–Crippen MR) is 106 cm³/mol. The second-order valence-corrected chi connectivity index (χ2v) is 6.71. The van der Waals surface area contributed by atoms with Crippen LogP contribution in [0.3, 0.4) is 0 Å². The maximum atomic E-state index is 12.6. The van der Waals surface area contributed by atoms with E-state index in [1.807, 2.05) is 30.3 Å². The summed E-state index contributed by atoms with van der Waals surface area (Å²) in [5.74, 6) is 0.448. The van der Waals surface area contributed by atoms with Crippen molar-refractivity contribution in [1.82, 2.24) is 5.32 Å². The molecule has 0 radical (unpaired) electrons. The Hall–Kier alpha value is -3.06. The number of rotatable bonds is 7. The third-order valence-electron chi connectivity index (χ3n) is 4.90. The van der Waals surface area contributed by atoms with Crippen molar-refractivity contribution in [3.8, 4) is 11.5 Å². The van der Waals surface area contributed by atoms with E-state index < -0.39 is 5.92 Å². The minimum Gasteiger partial charge on any atom is -0.497 e. The molecule has 2 aromatic carbocycles. The predicted octanol–water partition coefficient (Wildman–Crippen LogP) is 1.87. The first-order valence-corrected chi connectivity index (χ1v) is 9.14. The maximum Gasteiger partial charge on any atom is 0.227 e. The van der Waals surface area contributed by atoms with Crippen molar-refractivity contribution in [2.45, 2.75) is 12.5 Å². The van der Waals surface area contributed by atoms with E-state index in [2.05, 4.69) is 5.32 Å². The molecule has 7 nitrogen and oxygen atoms in total. The summed E-state index contributed by atoms with van der Waals surface area (Å²) in [5, 5.41) is 2.87. The van der Waals surface area contributed by atoms with Crippen LogP contribution in [0.15, 0.2) is 48.5 Å². The number of benzene rings is 2. The largest absolute Gasteiger partial charge is 0.497 e. The molecule has 3 rings (SSSR count). The molecule has 2 amide bonds. The Morgan fingerprint density at radius 3 is 2.64 bits per heavy atom. The molecule has 1 fully saturated rings. The van der Waals surface area contributed by atoms with E-state index in [4.69, 9.17) is 15.2 Å². The second-order valence-electron chi connectivity index (χ2n) is 6.71. The third-order valence-corrected chi connectivity index (χ3v) is 4.90. The zero-order chi connectivity index (χ0) is 20.1. The summed E-state index contributed by atoms with van der Waals surface area (Å²) >= 11 is 0. The number of carbonyl (C=O) groups is 2. The van der Waals surface area contributed by atoms with Crippen LogP contribution in [0.25, 0.3) is 0 Å². The van der Waals surface area contributed by atoms with Gasteiger partial charge in [0.2, 0.25) is 11.8 Å². The fourth-order valence-corrected chi connectivity index (χ4v) is 3.30. The molecule has 0 saturated carbocycles. The number of nitrogens with zero attached hydrogens (tertiary/aromatic N) is 1. The number of carbonyl (C=O) groups excluding carboxylic acids is 2. The summed E-state index contributed by atoms with van der Waals surface area (Å²) in [4.78, 5) is 26.7. The maximum absolute atomic E-state index is 12.6. The summed E-state index contributed by atoms with van der Waals surface area (Å²) in [6, 6.07) is 14.5. The van der Waals surface area contributed by atoms with Crippen molar-refractivity contribution < 1.29 is 19.1 Å². The van der Waals surface area contributed by atoms with E-state index in [1.165, 1.54) is 7.11 Å². The molecule has 3 N–H and O–H groups in total. The molecule has 7 heteroatoms. The smallest absolute Gasteiger partial charge is 0.227 e. The highest BCUT2D eigenvalue weighted by molar-refractivity contribution is 6.01. The van der Waals surface area contributed by atoms with Crippen LogP contribution in [-0.2, 0) is 9.59 Å². The number of methoxy groups -OCH3 is 2. The molecule has 2 atom stereocenters. The molecule has 148 valence electrons. The van der Waals surface area contributed by atoms with Gasteiger partial charge in [-0.1, -0.05) is 30.3 Å². The highest BCUT2D eigenvalue weighted by Crippen LogP contribution is 2.35. The number of hydrogen-bond donors (Lipinski definition) is 2. The Kier molecular flexibility index (Phi) is 6.16. The van der Waals surface area contributed by atoms with Gasteiger partial charge in [0.15, 0.2) is 0 Å². The Labute approximate surface area is 164 Å². The molecule has 0 aromatic heterocycles.